The van der Waals surface area contributed by atoms with Gasteiger partial charge in [-0.15, -0.1) is 0 Å². The predicted octanol–water partition coefficient (Wildman–Crippen LogP) is 2.84. The van der Waals surface area contributed by atoms with Crippen LogP contribution >= 0.6 is 0 Å². The van der Waals surface area contributed by atoms with Gasteiger partial charge in [-0.2, -0.15) is 5.10 Å². The van der Waals surface area contributed by atoms with Gasteiger partial charge in [0, 0.05) is 12.1 Å². The zero-order valence-corrected chi connectivity index (χ0v) is 13.9. The quantitative estimate of drug-likeness (QED) is 0.621. The van der Waals surface area contributed by atoms with E-state index < -0.39 is 4.92 Å². The van der Waals surface area contributed by atoms with Crippen LogP contribution in [0.1, 0.15) is 24.7 Å². The Balaban J connectivity index is 1.94. The Kier molecular flexibility index (Phi) is 5.51. The highest BCUT2D eigenvalue weighted by Crippen LogP contribution is 2.22. The third-order valence-corrected chi connectivity index (χ3v) is 3.53. The molecule has 2 aromatic rings. The molecule has 0 saturated heterocycles. The first-order valence-electron chi connectivity index (χ1n) is 7.63. The fourth-order valence-corrected chi connectivity index (χ4v) is 2.40. The highest BCUT2D eigenvalue weighted by atomic mass is 16.6. The molecule has 0 bridgehead atoms. The Morgan fingerprint density at radius 3 is 2.54 bits per heavy atom. The molecule has 0 saturated carbocycles. The molecule has 1 amide bonds. The van der Waals surface area contributed by atoms with Gasteiger partial charge in [0.15, 0.2) is 0 Å². The number of nitrogens with zero attached hydrogens (tertiary/aromatic N) is 3. The minimum absolute atomic E-state index is 0.00178. The summed E-state index contributed by atoms with van der Waals surface area (Å²) >= 11 is 0. The summed E-state index contributed by atoms with van der Waals surface area (Å²) in [7, 11) is 0. The molecule has 0 atom stereocenters. The lowest BCUT2D eigenvalue weighted by Gasteiger charge is -2.08. The van der Waals surface area contributed by atoms with Crippen LogP contribution in [0.4, 0.5) is 11.4 Å². The molecule has 2 rings (SSSR count). The van der Waals surface area contributed by atoms with Crippen LogP contribution < -0.4 is 10.1 Å². The largest absolute Gasteiger partial charge is 0.494 e. The van der Waals surface area contributed by atoms with E-state index in [1.807, 2.05) is 6.92 Å². The molecule has 1 heterocycles. The highest BCUT2D eigenvalue weighted by Gasteiger charge is 2.21. The van der Waals surface area contributed by atoms with Gasteiger partial charge in [-0.05, 0) is 45.0 Å². The zero-order chi connectivity index (χ0) is 17.7. The summed E-state index contributed by atoms with van der Waals surface area (Å²) in [6.07, 6.45) is 0.173. The van der Waals surface area contributed by atoms with E-state index in [-0.39, 0.29) is 24.6 Å². The number of hydrogen-bond acceptors (Lipinski definition) is 5. The van der Waals surface area contributed by atoms with Crippen LogP contribution in [0.3, 0.4) is 0 Å². The number of nitrogens with one attached hydrogen (secondary N) is 1. The number of carbonyl (C=O) groups excluding carboxylic acids is 1. The smallest absolute Gasteiger partial charge is 0.312 e. The van der Waals surface area contributed by atoms with Gasteiger partial charge >= 0.3 is 5.69 Å². The van der Waals surface area contributed by atoms with Crippen molar-refractivity contribution in [3.63, 3.8) is 0 Å². The van der Waals surface area contributed by atoms with Crippen molar-refractivity contribution in [2.24, 2.45) is 0 Å². The molecule has 0 aliphatic heterocycles. The van der Waals surface area contributed by atoms with Crippen molar-refractivity contribution >= 4 is 17.3 Å². The van der Waals surface area contributed by atoms with Gasteiger partial charge in [0.25, 0.3) is 0 Å². The second kappa shape index (κ2) is 7.58. The van der Waals surface area contributed by atoms with E-state index in [2.05, 4.69) is 10.4 Å². The fraction of sp³-hybridized carbons (Fsp3) is 0.375. The molecule has 0 fully saturated rings. The number of carbonyl (C=O) groups is 1. The van der Waals surface area contributed by atoms with Gasteiger partial charge in [0.1, 0.15) is 17.1 Å². The second-order valence-corrected chi connectivity index (χ2v) is 5.26. The molecule has 0 aliphatic carbocycles. The molecule has 0 unspecified atom stereocenters. The zero-order valence-electron chi connectivity index (χ0n) is 13.9. The van der Waals surface area contributed by atoms with E-state index >= 15 is 0 Å². The SMILES string of the molecule is CCOc1ccc(NC(=O)CCn2nc(C)c([N+](=O)[O-])c2C)cc1. The van der Waals surface area contributed by atoms with E-state index in [9.17, 15) is 14.9 Å². The highest BCUT2D eigenvalue weighted by molar-refractivity contribution is 5.90. The number of aromatic nitrogens is 2. The predicted molar refractivity (Wildman–Crippen MR) is 89.2 cm³/mol. The van der Waals surface area contributed by atoms with Gasteiger partial charge in [-0.3, -0.25) is 19.6 Å². The molecule has 1 aromatic heterocycles. The lowest BCUT2D eigenvalue weighted by Crippen LogP contribution is -2.15. The van der Waals surface area contributed by atoms with Crippen LogP contribution in [0.5, 0.6) is 5.75 Å². The maximum atomic E-state index is 12.0. The topological polar surface area (TPSA) is 99.3 Å². The maximum Gasteiger partial charge on any atom is 0.312 e. The molecule has 1 aromatic carbocycles. The fourth-order valence-electron chi connectivity index (χ4n) is 2.40. The van der Waals surface area contributed by atoms with Gasteiger partial charge < -0.3 is 10.1 Å². The monoisotopic (exact) mass is 332 g/mol. The Morgan fingerprint density at radius 1 is 1.33 bits per heavy atom. The van der Waals surface area contributed by atoms with Crippen molar-refractivity contribution in [2.45, 2.75) is 33.7 Å². The molecular weight excluding hydrogens is 312 g/mol. The molecule has 8 heteroatoms. The number of benzene rings is 1. The van der Waals surface area contributed by atoms with Crippen LogP contribution in [-0.2, 0) is 11.3 Å². The minimum atomic E-state index is -0.450. The van der Waals surface area contributed by atoms with E-state index in [0.717, 1.165) is 5.75 Å². The summed E-state index contributed by atoms with van der Waals surface area (Å²) < 4.78 is 6.83. The molecule has 0 spiro atoms. The molecule has 0 aliphatic rings. The van der Waals surface area contributed by atoms with Crippen LogP contribution in [-0.4, -0.2) is 27.2 Å². The average molecular weight is 332 g/mol. The first kappa shape index (κ1) is 17.5. The lowest BCUT2D eigenvalue weighted by molar-refractivity contribution is -0.386. The minimum Gasteiger partial charge on any atom is -0.494 e. The Hall–Kier alpha value is -2.90. The number of ether oxygens (including phenoxy) is 1. The number of nitro groups is 1. The summed E-state index contributed by atoms with van der Waals surface area (Å²) in [5, 5.41) is 17.9. The van der Waals surface area contributed by atoms with Crippen LogP contribution in [0.15, 0.2) is 24.3 Å². The van der Waals surface area contributed by atoms with Crippen molar-refractivity contribution < 1.29 is 14.5 Å². The summed E-state index contributed by atoms with van der Waals surface area (Å²) in [6.45, 7) is 5.98. The third-order valence-electron chi connectivity index (χ3n) is 3.53. The van der Waals surface area contributed by atoms with Gasteiger partial charge in [-0.25, -0.2) is 0 Å². The average Bonchev–Trinajstić information content (AvgIpc) is 2.81. The Labute approximate surface area is 139 Å². The van der Waals surface area contributed by atoms with E-state index in [1.54, 1.807) is 38.1 Å². The maximum absolute atomic E-state index is 12.0. The van der Waals surface area contributed by atoms with E-state index in [4.69, 9.17) is 4.74 Å². The van der Waals surface area contributed by atoms with Crippen LogP contribution in [0.25, 0.3) is 0 Å². The first-order valence-corrected chi connectivity index (χ1v) is 7.63. The molecule has 1 N–H and O–H groups in total. The van der Waals surface area contributed by atoms with Crippen LogP contribution in [0, 0.1) is 24.0 Å². The summed E-state index contributed by atoms with van der Waals surface area (Å²) in [5.74, 6) is 0.555. The van der Waals surface area contributed by atoms with Gasteiger partial charge in [-0.1, -0.05) is 0 Å². The summed E-state index contributed by atoms with van der Waals surface area (Å²) in [4.78, 5) is 22.5. The van der Waals surface area contributed by atoms with Crippen molar-refractivity contribution in [1.29, 1.82) is 0 Å². The molecule has 128 valence electrons. The number of anilines is 1. The lowest BCUT2D eigenvalue weighted by atomic mass is 10.3. The van der Waals surface area contributed by atoms with Crippen molar-refractivity contribution in [3.8, 4) is 5.75 Å². The summed E-state index contributed by atoms with van der Waals surface area (Å²) in [6, 6.07) is 7.08. The van der Waals surface area contributed by atoms with Gasteiger partial charge in [0.05, 0.1) is 18.1 Å². The van der Waals surface area contributed by atoms with Crippen molar-refractivity contribution in [1.82, 2.24) is 9.78 Å². The molecule has 24 heavy (non-hydrogen) atoms. The third kappa shape index (κ3) is 4.09. The standard InChI is InChI=1S/C16H20N4O4/c1-4-24-14-7-5-13(6-8-14)17-15(21)9-10-19-12(3)16(20(22)23)11(2)18-19/h5-8H,4,9-10H2,1-3H3,(H,17,21). The van der Waals surface area contributed by atoms with Crippen molar-refractivity contribution in [2.75, 3.05) is 11.9 Å². The Bertz CT molecular complexity index is 737. The normalized spacial score (nSPS) is 10.5. The molecule has 0 radical (unpaired) electrons. The van der Waals surface area contributed by atoms with E-state index in [0.29, 0.717) is 23.7 Å². The van der Waals surface area contributed by atoms with E-state index in [1.165, 1.54) is 4.68 Å². The van der Waals surface area contributed by atoms with Gasteiger partial charge in [0.2, 0.25) is 5.91 Å². The summed E-state index contributed by atoms with van der Waals surface area (Å²) in [5.41, 5.74) is 1.47. The van der Waals surface area contributed by atoms with Crippen molar-refractivity contribution in [3.05, 3.63) is 45.8 Å². The number of amides is 1. The number of rotatable bonds is 7. The number of hydrogen-bond donors (Lipinski definition) is 1. The molecular formula is C16H20N4O4. The van der Waals surface area contributed by atoms with Crippen LogP contribution in [0.2, 0.25) is 0 Å². The number of aryl methyl sites for hydroxylation is 2. The first-order chi connectivity index (χ1) is 11.4. The molecule has 8 nitrogen and oxygen atoms in total. The Morgan fingerprint density at radius 2 is 2.00 bits per heavy atom. The second-order valence-electron chi connectivity index (χ2n) is 5.26.